The van der Waals surface area contributed by atoms with Crippen molar-refractivity contribution in [1.29, 1.82) is 0 Å². The maximum atomic E-state index is 14.9. The number of aliphatic hydroxyl groups excluding tert-OH is 1. The van der Waals surface area contributed by atoms with Crippen molar-refractivity contribution in [2.75, 3.05) is 32.7 Å². The van der Waals surface area contributed by atoms with Crippen LogP contribution in [-0.4, -0.2) is 158 Å². The summed E-state index contributed by atoms with van der Waals surface area (Å²) in [4.78, 5) is 135. The Bertz CT molecular complexity index is 2970. The largest absolute Gasteiger partial charge is 0.393 e. The van der Waals surface area contributed by atoms with Crippen LogP contribution in [0.2, 0.25) is 0 Å². The number of benzene rings is 3. The van der Waals surface area contributed by atoms with E-state index in [-0.39, 0.29) is 96.6 Å². The quantitative estimate of drug-likeness (QED) is 0.0489. The third kappa shape index (κ3) is 21.3. The highest BCUT2D eigenvalue weighted by Gasteiger charge is 2.36. The normalized spacial score (nSPS) is 23.3. The topological polar surface area (TPSA) is 399 Å². The van der Waals surface area contributed by atoms with E-state index in [0.29, 0.717) is 29.5 Å². The summed E-state index contributed by atoms with van der Waals surface area (Å²) in [5, 5.41) is 37.1. The van der Waals surface area contributed by atoms with Gasteiger partial charge >= 0.3 is 0 Å². The molecule has 1 saturated heterocycles. The van der Waals surface area contributed by atoms with Gasteiger partial charge in [0.2, 0.25) is 53.2 Å². The number of carbonyl (C=O) groups excluding carboxylic acids is 9. The minimum absolute atomic E-state index is 0.0660. The summed E-state index contributed by atoms with van der Waals surface area (Å²) in [6.45, 7) is 1.38. The van der Waals surface area contributed by atoms with Crippen LogP contribution in [0.25, 0.3) is 10.8 Å². The van der Waals surface area contributed by atoms with E-state index in [1.807, 2.05) is 60.7 Å². The lowest BCUT2D eigenvalue weighted by Gasteiger charge is -2.28. The van der Waals surface area contributed by atoms with Crippen LogP contribution in [0, 0.1) is 0 Å². The van der Waals surface area contributed by atoms with Gasteiger partial charge in [-0.1, -0.05) is 136 Å². The Kier molecular flexibility index (Phi) is 27.7. The van der Waals surface area contributed by atoms with Gasteiger partial charge < -0.3 is 75.9 Å². The molecule has 0 bridgehead atoms. The van der Waals surface area contributed by atoms with Crippen molar-refractivity contribution in [3.63, 3.8) is 0 Å². The van der Waals surface area contributed by atoms with Crippen LogP contribution in [0.4, 0.5) is 0 Å². The molecule has 87 heavy (non-hydrogen) atoms. The molecule has 0 aromatic heterocycles. The second kappa shape index (κ2) is 35.5. The molecule has 0 saturated carbocycles. The molecule has 1 aliphatic carbocycles. The number of allylic oxidation sites excluding steroid dienone is 2. The van der Waals surface area contributed by atoms with Crippen LogP contribution < -0.4 is 70.8 Å². The van der Waals surface area contributed by atoms with Crippen molar-refractivity contribution in [3.8, 4) is 0 Å². The fourth-order valence-corrected chi connectivity index (χ4v) is 10.6. The lowest BCUT2D eigenvalue weighted by molar-refractivity contribution is -0.136. The molecular weight excluding hydrogens is 1110 g/mol. The molecule has 3 aliphatic rings. The minimum Gasteiger partial charge on any atom is -0.393 e. The van der Waals surface area contributed by atoms with Gasteiger partial charge in [0.1, 0.15) is 48.3 Å². The molecule has 1 unspecified atom stereocenters. The summed E-state index contributed by atoms with van der Waals surface area (Å²) < 4.78 is 0. The van der Waals surface area contributed by atoms with Crippen molar-refractivity contribution in [3.05, 3.63) is 119 Å². The Hall–Kier alpha value is -8.16. The molecule has 18 N–H and O–H groups in total. The van der Waals surface area contributed by atoms with E-state index in [0.717, 1.165) is 42.0 Å². The predicted molar refractivity (Wildman–Crippen MR) is 332 cm³/mol. The van der Waals surface area contributed by atoms with Crippen molar-refractivity contribution >= 4 is 70.2 Å². The molecule has 1 fully saturated rings. The third-order valence-electron chi connectivity index (χ3n) is 15.4. The summed E-state index contributed by atoms with van der Waals surface area (Å²) in [5.74, 6) is -7.16. The van der Waals surface area contributed by atoms with Gasteiger partial charge in [-0.3, -0.25) is 48.1 Å². The number of carbonyl (C=O) groups is 9. The van der Waals surface area contributed by atoms with Crippen molar-refractivity contribution in [1.82, 2.24) is 47.9 Å². The van der Waals surface area contributed by atoms with Gasteiger partial charge in [-0.25, -0.2) is 0 Å². The molecule has 2 aliphatic heterocycles. The number of rotatable bonds is 25. The van der Waals surface area contributed by atoms with Crippen LogP contribution in [0.5, 0.6) is 0 Å². The first-order valence-corrected chi connectivity index (χ1v) is 30.3. The predicted octanol–water partition coefficient (Wildman–Crippen LogP) is -0.204. The number of aliphatic imine (C=N–C) groups is 1. The Morgan fingerprint density at radius 1 is 0.598 bits per heavy atom. The monoisotopic (exact) mass is 1200 g/mol. The number of nitrogens with zero attached hydrogens (tertiary/aromatic N) is 1. The van der Waals surface area contributed by atoms with Crippen molar-refractivity contribution < 1.29 is 48.3 Å². The number of amides is 9. The Balaban J connectivity index is 1.38. The number of nitrogens with one attached hydrogen (secondary N) is 9. The number of hydrogen-bond acceptors (Lipinski definition) is 15. The molecule has 3 aromatic carbocycles. The van der Waals surface area contributed by atoms with E-state index in [1.165, 1.54) is 0 Å². The van der Waals surface area contributed by atoms with E-state index in [2.05, 4.69) is 59.8 Å². The zero-order valence-corrected chi connectivity index (χ0v) is 49.6. The summed E-state index contributed by atoms with van der Waals surface area (Å²) in [6.07, 6.45) is 11.7. The summed E-state index contributed by atoms with van der Waals surface area (Å²) >= 11 is 0. The number of unbranched alkanes of at least 4 members (excludes halogenated alkanes) is 4. The summed E-state index contributed by atoms with van der Waals surface area (Å²) in [6, 6.07) is 10.4. The highest BCUT2D eigenvalue weighted by Crippen LogP contribution is 2.27. The molecule has 24 nitrogen and oxygen atoms in total. The molecular formula is C63H88N14O10. The van der Waals surface area contributed by atoms with E-state index in [9.17, 15) is 48.3 Å². The van der Waals surface area contributed by atoms with Crippen molar-refractivity contribution in [2.45, 2.75) is 164 Å². The molecule has 3 aromatic rings. The molecule has 470 valence electrons. The van der Waals surface area contributed by atoms with Gasteiger partial charge in [0.15, 0.2) is 0 Å². The third-order valence-corrected chi connectivity index (χ3v) is 15.4. The smallest absolute Gasteiger partial charge is 0.243 e. The molecule has 9 amide bonds. The van der Waals surface area contributed by atoms with Gasteiger partial charge in [0.05, 0.1) is 18.6 Å². The van der Waals surface area contributed by atoms with Crippen LogP contribution in [-0.2, 0) is 56.0 Å². The highest BCUT2D eigenvalue weighted by atomic mass is 16.3. The molecule has 24 heteroatoms. The molecule has 0 spiro atoms. The minimum atomic E-state index is -1.53. The zero-order chi connectivity index (χ0) is 62.7. The average Bonchev–Trinajstić information content (AvgIpc) is 2.72. The molecule has 0 radical (unpaired) electrons. The van der Waals surface area contributed by atoms with E-state index >= 15 is 0 Å². The first kappa shape index (κ1) is 68.0. The highest BCUT2D eigenvalue weighted by molar-refractivity contribution is 5.99. The Morgan fingerprint density at radius 2 is 1.15 bits per heavy atom. The Morgan fingerprint density at radius 3 is 1.76 bits per heavy atom. The summed E-state index contributed by atoms with van der Waals surface area (Å²) in [5.41, 5.74) is 26.7. The lowest BCUT2D eigenvalue weighted by atomic mass is 9.95. The molecule has 6 rings (SSSR count). The first-order valence-electron chi connectivity index (χ1n) is 30.3. The average molecular weight is 1200 g/mol. The maximum Gasteiger partial charge on any atom is 0.243 e. The summed E-state index contributed by atoms with van der Waals surface area (Å²) in [7, 11) is 0. The maximum absolute atomic E-state index is 14.9. The van der Waals surface area contributed by atoms with Crippen LogP contribution in [0.1, 0.15) is 102 Å². The van der Waals surface area contributed by atoms with Gasteiger partial charge in [-0.15, -0.1) is 0 Å². The van der Waals surface area contributed by atoms with E-state index < -0.39 is 108 Å². The number of hydrogen-bond donors (Lipinski definition) is 14. The molecule has 2 heterocycles. The fraction of sp³-hybridized carbons (Fsp3) is 0.492. The molecule has 10 atom stereocenters. The van der Waals surface area contributed by atoms with Crippen LogP contribution in [0.3, 0.4) is 0 Å². The number of aliphatic hydroxyl groups is 1. The van der Waals surface area contributed by atoms with Crippen LogP contribution >= 0.6 is 0 Å². The van der Waals surface area contributed by atoms with E-state index in [1.54, 1.807) is 42.6 Å². The lowest BCUT2D eigenvalue weighted by Crippen LogP contribution is -2.61. The first-order chi connectivity index (χ1) is 42.0. The van der Waals surface area contributed by atoms with Crippen molar-refractivity contribution in [2.24, 2.45) is 27.9 Å². The van der Waals surface area contributed by atoms with Crippen LogP contribution in [0.15, 0.2) is 113 Å². The van der Waals surface area contributed by atoms with Gasteiger partial charge in [-0.05, 0) is 97.7 Å². The standard InChI is InChI=1S/C63H88N14O10/c1-2-3-4-5-9-18-44(78)37-55(79)70-47(23-28-64)57(81)74-51-27-32-68-56(80)54(36-43-38-69-46-20-13-12-19-45(43)46)77-60(84)50(26-31-67)71-58(82)48(24-29-65)73-62(86)53(35-40-21-22-41-16-10-11-17-42(41)33-40)76-63(87)52(34-39-14-7-6-8-15-39)75-59(83)49(25-30-66)72-61(51)85/h6-8,10-17,19-22,33,38,44,46-54,78H,2-5,9,18,23-32,34-37,64-67H2,1H3,(H,68,80)(H,70,79)(H,71,82)(H,72,85)(H,73,86)(H,74,81)(H,75,83)(H,76,87)(H,77,84)/t44-,46?,47-,48+,49+,50+,51+,52-,53+,54+/m1/s1. The van der Waals surface area contributed by atoms with E-state index in [4.69, 9.17) is 22.9 Å². The number of fused-ring (bicyclic) bond motifs is 2. The SMILES string of the molecule is CCCCCCC[C@@H](O)CC(=O)N[C@H](CCN)C(=O)N[C@H]1CCNC(=O)[C@H](CC2=C3C=CC=CC3N=C2)NC(=O)[C@H](CCN)NC(=O)[C@H](CCN)NC(=O)[C@H](Cc2ccc3ccccc3c2)NC(=O)[C@@H](Cc2ccccc2)NC(=O)[C@H](CCN)NC1=O. The van der Waals surface area contributed by atoms with Gasteiger partial charge in [0, 0.05) is 32.0 Å². The zero-order valence-electron chi connectivity index (χ0n) is 49.6. The van der Waals surface area contributed by atoms with Gasteiger partial charge in [0.25, 0.3) is 0 Å². The second-order valence-corrected chi connectivity index (χ2v) is 22.2. The Labute approximate surface area is 508 Å². The number of nitrogens with two attached hydrogens (primary N) is 4. The fourth-order valence-electron chi connectivity index (χ4n) is 10.6. The second-order valence-electron chi connectivity index (χ2n) is 22.2. The van der Waals surface area contributed by atoms with Gasteiger partial charge in [-0.2, -0.15) is 0 Å².